The Bertz CT molecular complexity index is 680. The molecular weight excluding hydrogens is 322 g/mol. The third-order valence-corrected chi connectivity index (χ3v) is 5.22. The van der Waals surface area contributed by atoms with Crippen LogP contribution in [0.15, 0.2) is 35.5 Å². The van der Waals surface area contributed by atoms with E-state index in [1.165, 1.54) is 17.3 Å². The summed E-state index contributed by atoms with van der Waals surface area (Å²) in [6.07, 6.45) is 0. The van der Waals surface area contributed by atoms with Crippen molar-refractivity contribution >= 4 is 17.7 Å². The Kier molecular flexibility index (Phi) is 5.52. The van der Waals surface area contributed by atoms with Gasteiger partial charge >= 0.3 is 0 Å². The van der Waals surface area contributed by atoms with Crippen LogP contribution in [0.3, 0.4) is 0 Å². The van der Waals surface area contributed by atoms with E-state index in [4.69, 9.17) is 0 Å². The molecule has 0 saturated carbocycles. The number of amides is 1. The lowest BCUT2D eigenvalue weighted by atomic mass is 10.2. The number of hydrogen-bond donors (Lipinski definition) is 0. The summed E-state index contributed by atoms with van der Waals surface area (Å²) in [6, 6.07) is 10.2. The van der Waals surface area contributed by atoms with Crippen LogP contribution in [0.5, 0.6) is 0 Å². The van der Waals surface area contributed by atoms with Crippen molar-refractivity contribution in [2.75, 3.05) is 39.0 Å². The monoisotopic (exact) mass is 345 g/mol. The fourth-order valence-electron chi connectivity index (χ4n) is 2.69. The van der Waals surface area contributed by atoms with E-state index in [2.05, 4.69) is 38.8 Å². The molecular formula is C17H23N5OS. The molecule has 128 valence electrons. The molecule has 3 rings (SSSR count). The van der Waals surface area contributed by atoms with Gasteiger partial charge < -0.3 is 14.4 Å². The zero-order chi connectivity index (χ0) is 16.9. The Morgan fingerprint density at radius 1 is 1.12 bits per heavy atom. The summed E-state index contributed by atoms with van der Waals surface area (Å²) in [5.74, 6) is 1.46. The molecule has 1 fully saturated rings. The molecule has 1 aromatic heterocycles. The highest BCUT2D eigenvalue weighted by Crippen LogP contribution is 2.19. The predicted molar refractivity (Wildman–Crippen MR) is 95.1 cm³/mol. The second kappa shape index (κ2) is 7.81. The Morgan fingerprint density at radius 3 is 2.54 bits per heavy atom. The van der Waals surface area contributed by atoms with Gasteiger partial charge in [-0.05, 0) is 19.5 Å². The number of likely N-dealkylation sites (N-methyl/N-ethyl adjacent to an activating group) is 1. The molecule has 1 amide bonds. The number of rotatable bonds is 5. The van der Waals surface area contributed by atoms with Crippen LogP contribution in [-0.2, 0) is 11.3 Å². The van der Waals surface area contributed by atoms with Gasteiger partial charge in [0.1, 0.15) is 5.82 Å². The first-order valence-electron chi connectivity index (χ1n) is 8.16. The summed E-state index contributed by atoms with van der Waals surface area (Å²) in [5.41, 5.74) is 1.20. The minimum Gasteiger partial charge on any atom is -0.339 e. The van der Waals surface area contributed by atoms with Crippen molar-refractivity contribution in [2.24, 2.45) is 0 Å². The van der Waals surface area contributed by atoms with E-state index in [-0.39, 0.29) is 5.91 Å². The minimum absolute atomic E-state index is 0.181. The maximum atomic E-state index is 12.4. The normalized spacial score (nSPS) is 15.7. The molecule has 0 unspecified atom stereocenters. The van der Waals surface area contributed by atoms with Crippen molar-refractivity contribution in [2.45, 2.75) is 18.6 Å². The van der Waals surface area contributed by atoms with E-state index in [1.54, 1.807) is 0 Å². The fourth-order valence-corrected chi connectivity index (χ4v) is 3.58. The second-order valence-electron chi connectivity index (χ2n) is 6.07. The summed E-state index contributed by atoms with van der Waals surface area (Å²) in [7, 11) is 2.09. The third-order valence-electron chi connectivity index (χ3n) is 4.27. The number of carbonyl (C=O) groups excluding carboxylic acids is 1. The number of nitrogens with zero attached hydrogens (tertiary/aromatic N) is 5. The van der Waals surface area contributed by atoms with E-state index < -0.39 is 0 Å². The average molecular weight is 345 g/mol. The van der Waals surface area contributed by atoms with Crippen LogP contribution in [0.2, 0.25) is 0 Å². The molecule has 1 aliphatic heterocycles. The van der Waals surface area contributed by atoms with E-state index >= 15 is 0 Å². The molecule has 0 radical (unpaired) electrons. The number of piperazine rings is 1. The van der Waals surface area contributed by atoms with Gasteiger partial charge in [-0.3, -0.25) is 4.79 Å². The number of hydrogen-bond acceptors (Lipinski definition) is 5. The molecule has 2 heterocycles. The molecule has 7 heteroatoms. The minimum atomic E-state index is 0.181. The Labute approximate surface area is 146 Å². The Hall–Kier alpha value is -1.86. The lowest BCUT2D eigenvalue weighted by molar-refractivity contribution is -0.129. The molecule has 0 aliphatic carbocycles. The van der Waals surface area contributed by atoms with E-state index in [0.29, 0.717) is 5.75 Å². The second-order valence-corrected chi connectivity index (χ2v) is 7.02. The predicted octanol–water partition coefficient (Wildman–Crippen LogP) is 1.50. The molecule has 24 heavy (non-hydrogen) atoms. The van der Waals surface area contributed by atoms with Gasteiger partial charge in [0.05, 0.1) is 12.3 Å². The van der Waals surface area contributed by atoms with Crippen molar-refractivity contribution in [1.29, 1.82) is 0 Å². The smallest absolute Gasteiger partial charge is 0.233 e. The highest BCUT2D eigenvalue weighted by atomic mass is 32.2. The third kappa shape index (κ3) is 4.15. The maximum Gasteiger partial charge on any atom is 0.233 e. The van der Waals surface area contributed by atoms with Crippen LogP contribution in [0.1, 0.15) is 11.4 Å². The Balaban J connectivity index is 1.60. The number of thioether (sulfide) groups is 1. The van der Waals surface area contributed by atoms with Gasteiger partial charge in [0.2, 0.25) is 5.91 Å². The molecule has 2 aromatic rings. The highest BCUT2D eigenvalue weighted by molar-refractivity contribution is 7.99. The number of carbonyl (C=O) groups is 1. The van der Waals surface area contributed by atoms with Gasteiger partial charge in [-0.1, -0.05) is 42.1 Å². The van der Waals surface area contributed by atoms with Gasteiger partial charge in [-0.25, -0.2) is 0 Å². The van der Waals surface area contributed by atoms with Crippen LogP contribution in [0, 0.1) is 6.92 Å². The molecule has 6 nitrogen and oxygen atoms in total. The average Bonchev–Trinajstić information content (AvgIpc) is 2.94. The summed E-state index contributed by atoms with van der Waals surface area (Å²) < 4.78 is 2.07. The summed E-state index contributed by atoms with van der Waals surface area (Å²) in [4.78, 5) is 16.6. The largest absolute Gasteiger partial charge is 0.339 e. The van der Waals surface area contributed by atoms with Crippen molar-refractivity contribution in [3.63, 3.8) is 0 Å². The van der Waals surface area contributed by atoms with Crippen LogP contribution in [-0.4, -0.2) is 69.5 Å². The van der Waals surface area contributed by atoms with Crippen LogP contribution < -0.4 is 0 Å². The number of aromatic nitrogens is 3. The topological polar surface area (TPSA) is 54.3 Å². The van der Waals surface area contributed by atoms with Gasteiger partial charge in [-0.2, -0.15) is 0 Å². The van der Waals surface area contributed by atoms with Crippen molar-refractivity contribution in [3.8, 4) is 0 Å². The maximum absolute atomic E-state index is 12.4. The standard InChI is InChI=1S/C17H23N5OS/c1-14-18-19-17(22(14)12-15-6-4-3-5-7-15)24-13-16(23)21-10-8-20(2)9-11-21/h3-7H,8-13H2,1-2H3. The van der Waals surface area contributed by atoms with Crippen molar-refractivity contribution in [1.82, 2.24) is 24.6 Å². The number of aryl methyl sites for hydroxylation is 1. The molecule has 0 N–H and O–H groups in total. The Morgan fingerprint density at radius 2 is 1.83 bits per heavy atom. The highest BCUT2D eigenvalue weighted by Gasteiger charge is 2.20. The lowest BCUT2D eigenvalue weighted by Crippen LogP contribution is -2.47. The first kappa shape index (κ1) is 17.0. The van der Waals surface area contributed by atoms with Crippen LogP contribution in [0.4, 0.5) is 0 Å². The van der Waals surface area contributed by atoms with E-state index in [9.17, 15) is 4.79 Å². The lowest BCUT2D eigenvalue weighted by Gasteiger charge is -2.32. The fraction of sp³-hybridized carbons (Fsp3) is 0.471. The van der Waals surface area contributed by atoms with Gasteiger partial charge in [0.25, 0.3) is 0 Å². The van der Waals surface area contributed by atoms with Crippen molar-refractivity contribution < 1.29 is 4.79 Å². The first-order valence-corrected chi connectivity index (χ1v) is 9.15. The van der Waals surface area contributed by atoms with Gasteiger partial charge in [-0.15, -0.1) is 10.2 Å². The van der Waals surface area contributed by atoms with Crippen molar-refractivity contribution in [3.05, 3.63) is 41.7 Å². The van der Waals surface area contributed by atoms with Crippen LogP contribution in [0.25, 0.3) is 0 Å². The van der Waals surface area contributed by atoms with E-state index in [1.807, 2.05) is 30.0 Å². The summed E-state index contributed by atoms with van der Waals surface area (Å²) in [5, 5.41) is 9.22. The van der Waals surface area contributed by atoms with E-state index in [0.717, 1.165) is 43.7 Å². The quantitative estimate of drug-likeness (QED) is 0.769. The molecule has 1 saturated heterocycles. The number of benzene rings is 1. The molecule has 1 aromatic carbocycles. The van der Waals surface area contributed by atoms with Gasteiger partial charge in [0.15, 0.2) is 5.16 Å². The molecule has 0 spiro atoms. The van der Waals surface area contributed by atoms with Crippen LogP contribution >= 0.6 is 11.8 Å². The SMILES string of the molecule is Cc1nnc(SCC(=O)N2CCN(C)CC2)n1Cc1ccccc1. The molecule has 1 aliphatic rings. The first-order chi connectivity index (χ1) is 11.6. The molecule has 0 atom stereocenters. The summed E-state index contributed by atoms with van der Waals surface area (Å²) in [6.45, 7) is 6.18. The van der Waals surface area contributed by atoms with Gasteiger partial charge in [0, 0.05) is 26.2 Å². The zero-order valence-electron chi connectivity index (χ0n) is 14.2. The zero-order valence-corrected chi connectivity index (χ0v) is 15.0. The molecule has 0 bridgehead atoms. The summed E-state index contributed by atoms with van der Waals surface area (Å²) >= 11 is 1.47.